The fourth-order valence-electron chi connectivity index (χ4n) is 8.31. The summed E-state index contributed by atoms with van der Waals surface area (Å²) in [7, 11) is 0. The maximum absolute atomic E-state index is 13.9. The molecule has 1 aliphatic carbocycles. The molecule has 0 fully saturated rings. The molecule has 8 heteroatoms. The molecule has 0 saturated heterocycles. The standard InChI is InChI=1S/C50H78N2O6/c1-3-5-7-9-11-13-15-17-19-21-23-25-27-29-31-33-43(55)51-39-35-37-41(53)47-45(39)49(57)48-42(54)38-36-40(46(48)50(47)58)52-44(56)34-32-30-28-26-24-22-20-18-16-14-12-10-8-6-4-2/h35-38,53-54H,3-34H2,1-2H3,(H,51,55)(H,52,56). The van der Waals surface area contributed by atoms with Crippen LogP contribution in [0.4, 0.5) is 11.4 Å². The number of ketones is 2. The van der Waals surface area contributed by atoms with E-state index in [4.69, 9.17) is 0 Å². The van der Waals surface area contributed by atoms with Gasteiger partial charge in [-0.15, -0.1) is 0 Å². The molecule has 324 valence electrons. The molecule has 2 aromatic carbocycles. The van der Waals surface area contributed by atoms with Gasteiger partial charge in [-0.2, -0.15) is 0 Å². The zero-order valence-corrected chi connectivity index (χ0v) is 36.5. The van der Waals surface area contributed by atoms with Crippen LogP contribution in [0.2, 0.25) is 0 Å². The first-order valence-corrected chi connectivity index (χ1v) is 23.7. The zero-order chi connectivity index (χ0) is 41.8. The highest BCUT2D eigenvalue weighted by Crippen LogP contribution is 2.42. The molecule has 2 aromatic rings. The largest absolute Gasteiger partial charge is 0.507 e. The van der Waals surface area contributed by atoms with Gasteiger partial charge < -0.3 is 20.8 Å². The number of nitrogens with one attached hydrogen (secondary N) is 2. The maximum Gasteiger partial charge on any atom is 0.224 e. The van der Waals surface area contributed by atoms with Crippen LogP contribution in [-0.2, 0) is 9.59 Å². The Hall–Kier alpha value is -3.68. The summed E-state index contributed by atoms with van der Waals surface area (Å²) in [6.07, 6.45) is 37.5. The lowest BCUT2D eigenvalue weighted by Gasteiger charge is -2.24. The first-order chi connectivity index (χ1) is 28.3. The lowest BCUT2D eigenvalue weighted by Crippen LogP contribution is -2.26. The maximum atomic E-state index is 13.9. The Morgan fingerprint density at radius 2 is 0.621 bits per heavy atom. The number of aromatic hydroxyl groups is 2. The predicted octanol–water partition coefficient (Wildman–Crippen LogP) is 14.3. The molecular weight excluding hydrogens is 725 g/mol. The van der Waals surface area contributed by atoms with Gasteiger partial charge in [0.05, 0.1) is 33.6 Å². The minimum Gasteiger partial charge on any atom is -0.507 e. The molecule has 0 aromatic heterocycles. The molecule has 0 bridgehead atoms. The zero-order valence-electron chi connectivity index (χ0n) is 36.5. The molecule has 0 radical (unpaired) electrons. The number of hydrogen-bond donors (Lipinski definition) is 4. The van der Waals surface area contributed by atoms with Gasteiger partial charge in [0.1, 0.15) is 11.5 Å². The molecule has 58 heavy (non-hydrogen) atoms. The van der Waals surface area contributed by atoms with E-state index >= 15 is 0 Å². The van der Waals surface area contributed by atoms with Gasteiger partial charge in [-0.25, -0.2) is 0 Å². The summed E-state index contributed by atoms with van der Waals surface area (Å²) in [5, 5.41) is 27.1. The number of phenols is 2. The summed E-state index contributed by atoms with van der Waals surface area (Å²) < 4.78 is 0. The van der Waals surface area contributed by atoms with Crippen LogP contribution in [0.1, 0.15) is 251 Å². The van der Waals surface area contributed by atoms with Crippen molar-refractivity contribution in [2.45, 2.75) is 219 Å². The van der Waals surface area contributed by atoms with Crippen molar-refractivity contribution in [1.29, 1.82) is 0 Å². The summed E-state index contributed by atoms with van der Waals surface area (Å²) in [6.45, 7) is 4.51. The molecule has 1 aliphatic rings. The van der Waals surface area contributed by atoms with Gasteiger partial charge in [-0.3, -0.25) is 19.2 Å². The fraction of sp³-hybridized carbons (Fsp3) is 0.680. The summed E-state index contributed by atoms with van der Waals surface area (Å²) in [5.74, 6) is -2.76. The Balaban J connectivity index is 1.39. The van der Waals surface area contributed by atoms with Gasteiger partial charge in [0.2, 0.25) is 23.4 Å². The van der Waals surface area contributed by atoms with Crippen molar-refractivity contribution in [2.24, 2.45) is 0 Å². The molecule has 4 N–H and O–H groups in total. The predicted molar refractivity (Wildman–Crippen MR) is 239 cm³/mol. The lowest BCUT2D eigenvalue weighted by molar-refractivity contribution is -0.117. The number of fused-ring (bicyclic) bond motifs is 2. The van der Waals surface area contributed by atoms with Gasteiger partial charge in [0, 0.05) is 12.8 Å². The third-order valence-electron chi connectivity index (χ3n) is 11.8. The summed E-state index contributed by atoms with van der Waals surface area (Å²) in [5.41, 5.74) is -0.566. The minimum absolute atomic E-state index is 0.116. The molecule has 0 spiro atoms. The van der Waals surface area contributed by atoms with E-state index in [1.165, 1.54) is 166 Å². The number of carbonyl (C=O) groups excluding carboxylic acids is 4. The second kappa shape index (κ2) is 29.5. The summed E-state index contributed by atoms with van der Waals surface area (Å²) >= 11 is 0. The molecule has 0 unspecified atom stereocenters. The van der Waals surface area contributed by atoms with E-state index in [2.05, 4.69) is 24.5 Å². The minimum atomic E-state index is -0.696. The Morgan fingerprint density at radius 3 is 0.879 bits per heavy atom. The first-order valence-electron chi connectivity index (χ1n) is 23.7. The summed E-state index contributed by atoms with van der Waals surface area (Å²) in [4.78, 5) is 53.8. The van der Waals surface area contributed by atoms with Crippen LogP contribution in [-0.4, -0.2) is 33.6 Å². The number of anilines is 2. The van der Waals surface area contributed by atoms with E-state index in [9.17, 15) is 29.4 Å². The Bertz CT molecular complexity index is 1420. The molecule has 0 saturated carbocycles. The lowest BCUT2D eigenvalue weighted by atomic mass is 9.81. The molecule has 2 amide bonds. The second-order valence-corrected chi connectivity index (χ2v) is 16.9. The van der Waals surface area contributed by atoms with Crippen LogP contribution in [0, 0.1) is 0 Å². The van der Waals surface area contributed by atoms with Crippen molar-refractivity contribution in [1.82, 2.24) is 0 Å². The quantitative estimate of drug-likeness (QED) is 0.0351. The first kappa shape index (κ1) is 48.7. The number of benzene rings is 2. The SMILES string of the molecule is CCCCCCCCCCCCCCCCCC(=O)Nc1ccc(O)c2c1C(=O)c1c(O)ccc(NC(=O)CCCCCCCCCCCCCCCCC)c1C2=O. The van der Waals surface area contributed by atoms with Crippen LogP contribution in [0.5, 0.6) is 11.5 Å². The van der Waals surface area contributed by atoms with Gasteiger partial charge in [0.15, 0.2) is 0 Å². The highest BCUT2D eigenvalue weighted by molar-refractivity contribution is 6.34. The number of rotatable bonds is 34. The highest BCUT2D eigenvalue weighted by atomic mass is 16.3. The highest BCUT2D eigenvalue weighted by Gasteiger charge is 2.38. The molecule has 3 rings (SSSR count). The normalized spacial score (nSPS) is 12.1. The topological polar surface area (TPSA) is 133 Å². The van der Waals surface area contributed by atoms with Gasteiger partial charge in [0.25, 0.3) is 0 Å². The van der Waals surface area contributed by atoms with Crippen LogP contribution < -0.4 is 10.6 Å². The monoisotopic (exact) mass is 803 g/mol. The molecule has 0 heterocycles. The van der Waals surface area contributed by atoms with Crippen LogP contribution >= 0.6 is 0 Å². The average Bonchev–Trinajstić information content (AvgIpc) is 3.21. The number of carbonyl (C=O) groups is 4. The number of hydrogen-bond acceptors (Lipinski definition) is 6. The number of amides is 2. The number of phenolic OH excluding ortho intramolecular Hbond substituents is 2. The van der Waals surface area contributed by atoms with Gasteiger partial charge >= 0.3 is 0 Å². The number of unbranched alkanes of at least 4 members (excludes halogenated alkanes) is 28. The third-order valence-corrected chi connectivity index (χ3v) is 11.8. The van der Waals surface area contributed by atoms with E-state index in [0.29, 0.717) is 12.8 Å². The van der Waals surface area contributed by atoms with Crippen molar-refractivity contribution in [3.05, 3.63) is 46.5 Å². The summed E-state index contributed by atoms with van der Waals surface area (Å²) in [6, 6.07) is 5.40. The molecular formula is C50H78N2O6. The van der Waals surface area contributed by atoms with Gasteiger partial charge in [-0.1, -0.05) is 194 Å². The molecule has 0 atom stereocenters. The smallest absolute Gasteiger partial charge is 0.224 e. The fourth-order valence-corrected chi connectivity index (χ4v) is 8.31. The average molecular weight is 803 g/mol. The van der Waals surface area contributed by atoms with Crippen molar-refractivity contribution < 1.29 is 29.4 Å². The van der Waals surface area contributed by atoms with Crippen molar-refractivity contribution >= 4 is 34.8 Å². The van der Waals surface area contributed by atoms with Crippen LogP contribution in [0.15, 0.2) is 24.3 Å². The van der Waals surface area contributed by atoms with E-state index in [-0.39, 0.29) is 58.3 Å². The van der Waals surface area contributed by atoms with Gasteiger partial charge in [-0.05, 0) is 37.1 Å². The van der Waals surface area contributed by atoms with E-state index < -0.39 is 23.1 Å². The van der Waals surface area contributed by atoms with Crippen molar-refractivity contribution in [3.63, 3.8) is 0 Å². The van der Waals surface area contributed by atoms with Crippen LogP contribution in [0.3, 0.4) is 0 Å². The second-order valence-electron chi connectivity index (χ2n) is 16.9. The molecule has 0 aliphatic heterocycles. The Morgan fingerprint density at radius 1 is 0.379 bits per heavy atom. The Kier molecular flexibility index (Phi) is 24.8. The van der Waals surface area contributed by atoms with E-state index in [1.807, 2.05) is 0 Å². The Labute approximate surface area is 351 Å². The molecule has 8 nitrogen and oxygen atoms in total. The van der Waals surface area contributed by atoms with E-state index in [0.717, 1.165) is 38.5 Å². The van der Waals surface area contributed by atoms with Crippen molar-refractivity contribution in [2.75, 3.05) is 10.6 Å². The third kappa shape index (κ3) is 17.7. The van der Waals surface area contributed by atoms with Crippen molar-refractivity contribution in [3.8, 4) is 11.5 Å². The van der Waals surface area contributed by atoms with Crippen LogP contribution in [0.25, 0.3) is 0 Å². The van der Waals surface area contributed by atoms with E-state index in [1.54, 1.807) is 0 Å².